The first-order valence-electron chi connectivity index (χ1n) is 5.32. The molecule has 0 aromatic heterocycles. The van der Waals surface area contributed by atoms with Crippen LogP contribution < -0.4 is 4.90 Å². The van der Waals surface area contributed by atoms with Crippen LogP contribution in [0.2, 0.25) is 0 Å². The van der Waals surface area contributed by atoms with E-state index >= 15 is 0 Å². The van der Waals surface area contributed by atoms with Crippen molar-refractivity contribution in [1.29, 1.82) is 0 Å². The lowest BCUT2D eigenvalue weighted by Gasteiger charge is -2.17. The minimum Gasteiger partial charge on any atom is -0.465 e. The highest BCUT2D eigenvalue weighted by atomic mass is 16.5. The molecule has 16 heavy (non-hydrogen) atoms. The summed E-state index contributed by atoms with van der Waals surface area (Å²) in [7, 11) is 1.37. The summed E-state index contributed by atoms with van der Waals surface area (Å²) in [5.74, 6) is -0.326. The molecule has 1 aliphatic rings. The molecule has 4 heteroatoms. The maximum atomic E-state index is 11.2. The topological polar surface area (TPSA) is 49.8 Å². The molecule has 86 valence electrons. The van der Waals surface area contributed by atoms with Gasteiger partial charge in [0.2, 0.25) is 0 Å². The molecule has 2 rings (SSSR count). The number of carbonyl (C=O) groups excluding carboxylic acids is 1. The van der Waals surface area contributed by atoms with Gasteiger partial charge in [0.25, 0.3) is 0 Å². The fourth-order valence-corrected chi connectivity index (χ4v) is 1.90. The van der Waals surface area contributed by atoms with Gasteiger partial charge in [-0.15, -0.1) is 0 Å². The van der Waals surface area contributed by atoms with Crippen LogP contribution >= 0.6 is 0 Å². The number of hydrogen-bond donors (Lipinski definition) is 1. The van der Waals surface area contributed by atoms with E-state index in [9.17, 15) is 9.90 Å². The standard InChI is InChI=1S/C12H15NO3/c1-16-12(15)9-2-4-10(5-3-9)13-7-6-11(14)8-13/h2-5,11,14H,6-8H2,1H3/t11-/m1/s1. The van der Waals surface area contributed by atoms with Crippen LogP contribution in [0.5, 0.6) is 0 Å². The fourth-order valence-electron chi connectivity index (χ4n) is 1.90. The van der Waals surface area contributed by atoms with E-state index in [1.807, 2.05) is 12.1 Å². The second-order valence-corrected chi connectivity index (χ2v) is 3.93. The Labute approximate surface area is 94.4 Å². The molecule has 1 aromatic rings. The molecule has 0 saturated carbocycles. The Bertz CT molecular complexity index is 374. The maximum absolute atomic E-state index is 11.2. The molecule has 0 aliphatic carbocycles. The highest BCUT2D eigenvalue weighted by Gasteiger charge is 2.20. The van der Waals surface area contributed by atoms with Crippen molar-refractivity contribution in [2.45, 2.75) is 12.5 Å². The molecule has 4 nitrogen and oxygen atoms in total. The molecular weight excluding hydrogens is 206 g/mol. The van der Waals surface area contributed by atoms with Crippen LogP contribution in [0.3, 0.4) is 0 Å². The summed E-state index contributed by atoms with van der Waals surface area (Å²) in [6, 6.07) is 7.24. The molecule has 0 amide bonds. The number of methoxy groups -OCH3 is 1. The number of carbonyl (C=O) groups is 1. The number of ether oxygens (including phenoxy) is 1. The third kappa shape index (κ3) is 2.17. The number of β-amino-alcohol motifs (C(OH)–C–C–N with tert-alkyl or cyclic N) is 1. The van der Waals surface area contributed by atoms with Crippen LogP contribution in [0.25, 0.3) is 0 Å². The van der Waals surface area contributed by atoms with Crippen LogP contribution in [0.4, 0.5) is 5.69 Å². The second-order valence-electron chi connectivity index (χ2n) is 3.93. The predicted molar refractivity (Wildman–Crippen MR) is 60.6 cm³/mol. The quantitative estimate of drug-likeness (QED) is 0.758. The molecule has 1 N–H and O–H groups in total. The number of aliphatic hydroxyl groups excluding tert-OH is 1. The molecule has 1 atom stereocenters. The summed E-state index contributed by atoms with van der Waals surface area (Å²) in [6.45, 7) is 1.52. The monoisotopic (exact) mass is 221 g/mol. The van der Waals surface area contributed by atoms with Crippen LogP contribution in [-0.4, -0.2) is 37.4 Å². The number of aliphatic hydroxyl groups is 1. The Morgan fingerprint density at radius 3 is 2.62 bits per heavy atom. The van der Waals surface area contributed by atoms with Gasteiger partial charge in [0.1, 0.15) is 0 Å². The van der Waals surface area contributed by atoms with Crippen molar-refractivity contribution in [2.75, 3.05) is 25.1 Å². The van der Waals surface area contributed by atoms with Crippen LogP contribution in [-0.2, 0) is 4.74 Å². The number of anilines is 1. The predicted octanol–water partition coefficient (Wildman–Crippen LogP) is 1.04. The van der Waals surface area contributed by atoms with Gasteiger partial charge >= 0.3 is 5.97 Å². The number of hydrogen-bond acceptors (Lipinski definition) is 4. The summed E-state index contributed by atoms with van der Waals surface area (Å²) in [5, 5.41) is 9.43. The number of nitrogens with zero attached hydrogens (tertiary/aromatic N) is 1. The van der Waals surface area contributed by atoms with Gasteiger partial charge in [0.15, 0.2) is 0 Å². The smallest absolute Gasteiger partial charge is 0.337 e. The van der Waals surface area contributed by atoms with Crippen molar-refractivity contribution in [3.63, 3.8) is 0 Å². The summed E-state index contributed by atoms with van der Waals surface area (Å²) >= 11 is 0. The Hall–Kier alpha value is -1.55. The minimum absolute atomic E-state index is 0.236. The molecular formula is C12H15NO3. The zero-order valence-corrected chi connectivity index (χ0v) is 9.22. The van der Waals surface area contributed by atoms with Crippen LogP contribution in [0.1, 0.15) is 16.8 Å². The lowest BCUT2D eigenvalue weighted by atomic mass is 10.2. The van der Waals surface area contributed by atoms with E-state index in [4.69, 9.17) is 0 Å². The molecule has 0 unspecified atom stereocenters. The summed E-state index contributed by atoms with van der Waals surface area (Å²) in [6.07, 6.45) is 0.568. The highest BCUT2D eigenvalue weighted by Crippen LogP contribution is 2.20. The third-order valence-corrected chi connectivity index (χ3v) is 2.82. The van der Waals surface area contributed by atoms with Gasteiger partial charge in [-0.25, -0.2) is 4.79 Å². The first-order valence-corrected chi connectivity index (χ1v) is 5.32. The molecule has 1 aliphatic heterocycles. The van der Waals surface area contributed by atoms with Gasteiger partial charge < -0.3 is 14.7 Å². The lowest BCUT2D eigenvalue weighted by molar-refractivity contribution is 0.0600. The van der Waals surface area contributed by atoms with E-state index in [0.29, 0.717) is 12.1 Å². The fraction of sp³-hybridized carbons (Fsp3) is 0.417. The lowest BCUT2D eigenvalue weighted by Crippen LogP contribution is -2.21. The molecule has 0 bridgehead atoms. The molecule has 1 aromatic carbocycles. The van der Waals surface area contributed by atoms with E-state index in [1.54, 1.807) is 12.1 Å². The van der Waals surface area contributed by atoms with Crippen LogP contribution in [0, 0.1) is 0 Å². The first-order chi connectivity index (χ1) is 7.70. The first kappa shape index (κ1) is 11.0. The van der Waals surface area contributed by atoms with Gasteiger partial charge in [-0.1, -0.05) is 0 Å². The summed E-state index contributed by atoms with van der Waals surface area (Å²) in [4.78, 5) is 13.3. The van der Waals surface area contributed by atoms with Crippen LogP contribution in [0.15, 0.2) is 24.3 Å². The van der Waals surface area contributed by atoms with Crippen molar-refractivity contribution in [2.24, 2.45) is 0 Å². The maximum Gasteiger partial charge on any atom is 0.337 e. The van der Waals surface area contributed by atoms with Gasteiger partial charge in [0.05, 0.1) is 18.8 Å². The molecule has 1 saturated heterocycles. The Kier molecular flexibility index (Phi) is 3.10. The Balaban J connectivity index is 2.10. The average Bonchev–Trinajstić information content (AvgIpc) is 2.75. The van der Waals surface area contributed by atoms with E-state index in [1.165, 1.54) is 7.11 Å². The van der Waals surface area contributed by atoms with E-state index in [-0.39, 0.29) is 12.1 Å². The van der Waals surface area contributed by atoms with E-state index in [2.05, 4.69) is 9.64 Å². The zero-order chi connectivity index (χ0) is 11.5. The molecule has 1 heterocycles. The number of rotatable bonds is 2. The SMILES string of the molecule is COC(=O)c1ccc(N2CC[C@@H](O)C2)cc1. The average molecular weight is 221 g/mol. The summed E-state index contributed by atoms with van der Waals surface area (Å²) < 4.78 is 4.63. The normalized spacial score (nSPS) is 19.9. The van der Waals surface area contributed by atoms with Gasteiger partial charge in [-0.3, -0.25) is 0 Å². The Morgan fingerprint density at radius 1 is 1.44 bits per heavy atom. The highest BCUT2D eigenvalue weighted by molar-refractivity contribution is 5.89. The van der Waals surface area contributed by atoms with E-state index < -0.39 is 0 Å². The van der Waals surface area contributed by atoms with Gasteiger partial charge in [-0.05, 0) is 30.7 Å². The zero-order valence-electron chi connectivity index (χ0n) is 9.22. The minimum atomic E-state index is -0.326. The van der Waals surface area contributed by atoms with Gasteiger partial charge in [-0.2, -0.15) is 0 Å². The van der Waals surface area contributed by atoms with Crippen molar-refractivity contribution in [3.8, 4) is 0 Å². The molecule has 0 spiro atoms. The largest absolute Gasteiger partial charge is 0.465 e. The number of esters is 1. The van der Waals surface area contributed by atoms with Crippen molar-refractivity contribution in [3.05, 3.63) is 29.8 Å². The second kappa shape index (κ2) is 4.53. The van der Waals surface area contributed by atoms with Crippen molar-refractivity contribution < 1.29 is 14.6 Å². The Morgan fingerprint density at radius 2 is 2.12 bits per heavy atom. The van der Waals surface area contributed by atoms with Crippen molar-refractivity contribution >= 4 is 11.7 Å². The molecule has 1 fully saturated rings. The number of benzene rings is 1. The summed E-state index contributed by atoms with van der Waals surface area (Å²) in [5.41, 5.74) is 1.58. The van der Waals surface area contributed by atoms with E-state index in [0.717, 1.165) is 18.7 Å². The molecule has 0 radical (unpaired) electrons. The van der Waals surface area contributed by atoms with Gasteiger partial charge in [0, 0.05) is 18.8 Å². The third-order valence-electron chi connectivity index (χ3n) is 2.82. The van der Waals surface area contributed by atoms with Crippen molar-refractivity contribution in [1.82, 2.24) is 0 Å².